The molecule has 0 aliphatic carbocycles. The van der Waals surface area contributed by atoms with Crippen molar-refractivity contribution in [2.24, 2.45) is 0 Å². The summed E-state index contributed by atoms with van der Waals surface area (Å²) in [6.07, 6.45) is 2.51. The SMILES string of the molecule is C=CCc1c(OC)cc(OC)cc1OCc1ccccc1. The van der Waals surface area contributed by atoms with Crippen LogP contribution in [0.4, 0.5) is 0 Å². The first-order valence-electron chi connectivity index (χ1n) is 6.81. The molecule has 0 radical (unpaired) electrons. The number of benzene rings is 2. The molecule has 0 aromatic heterocycles. The Hall–Kier alpha value is -2.42. The third-order valence-electron chi connectivity index (χ3n) is 3.18. The van der Waals surface area contributed by atoms with Crippen LogP contribution in [0.1, 0.15) is 11.1 Å². The summed E-state index contributed by atoms with van der Waals surface area (Å²) in [4.78, 5) is 0. The summed E-state index contributed by atoms with van der Waals surface area (Å²) >= 11 is 0. The third-order valence-corrected chi connectivity index (χ3v) is 3.18. The number of rotatable bonds is 7. The summed E-state index contributed by atoms with van der Waals surface area (Å²) in [7, 11) is 3.27. The van der Waals surface area contributed by atoms with Gasteiger partial charge >= 0.3 is 0 Å². The smallest absolute Gasteiger partial charge is 0.130 e. The molecule has 21 heavy (non-hydrogen) atoms. The highest BCUT2D eigenvalue weighted by Crippen LogP contribution is 2.35. The van der Waals surface area contributed by atoms with E-state index in [-0.39, 0.29) is 0 Å². The predicted molar refractivity (Wildman–Crippen MR) is 84.2 cm³/mol. The van der Waals surface area contributed by atoms with Crippen LogP contribution in [0.25, 0.3) is 0 Å². The van der Waals surface area contributed by atoms with Gasteiger partial charge in [0.2, 0.25) is 0 Å². The molecule has 0 heterocycles. The topological polar surface area (TPSA) is 27.7 Å². The highest BCUT2D eigenvalue weighted by Gasteiger charge is 2.12. The van der Waals surface area contributed by atoms with Crippen LogP contribution in [0.5, 0.6) is 17.2 Å². The molecule has 2 rings (SSSR count). The fraction of sp³-hybridized carbons (Fsp3) is 0.222. The normalized spacial score (nSPS) is 10.0. The minimum Gasteiger partial charge on any atom is -0.496 e. The van der Waals surface area contributed by atoms with E-state index in [1.54, 1.807) is 14.2 Å². The fourth-order valence-corrected chi connectivity index (χ4v) is 2.11. The van der Waals surface area contributed by atoms with Gasteiger partial charge in [-0.3, -0.25) is 0 Å². The molecule has 0 fully saturated rings. The molecule has 0 bridgehead atoms. The number of methoxy groups -OCH3 is 2. The van der Waals surface area contributed by atoms with E-state index in [0.717, 1.165) is 22.6 Å². The lowest BCUT2D eigenvalue weighted by Gasteiger charge is -2.16. The second kappa shape index (κ2) is 7.39. The fourth-order valence-electron chi connectivity index (χ4n) is 2.11. The average Bonchev–Trinajstić information content (AvgIpc) is 2.54. The molecule has 3 nitrogen and oxygen atoms in total. The minimum absolute atomic E-state index is 0.501. The Bertz CT molecular complexity index is 591. The standard InChI is InChI=1S/C18H20O3/c1-4-8-16-17(20-3)11-15(19-2)12-18(16)21-13-14-9-6-5-7-10-14/h4-7,9-12H,1,8,13H2,2-3H3. The van der Waals surface area contributed by atoms with Gasteiger partial charge in [0, 0.05) is 17.7 Å². The zero-order valence-corrected chi connectivity index (χ0v) is 12.5. The molecule has 3 heteroatoms. The molecule has 0 amide bonds. The average molecular weight is 284 g/mol. The molecule has 0 aliphatic rings. The van der Waals surface area contributed by atoms with Crippen molar-refractivity contribution in [2.75, 3.05) is 14.2 Å². The van der Waals surface area contributed by atoms with Gasteiger partial charge in [0.1, 0.15) is 23.9 Å². The Kier molecular flexibility index (Phi) is 5.27. The lowest BCUT2D eigenvalue weighted by atomic mass is 10.1. The molecule has 2 aromatic rings. The number of allylic oxidation sites excluding steroid dienone is 1. The summed E-state index contributed by atoms with van der Waals surface area (Å²) in [6, 6.07) is 13.8. The monoisotopic (exact) mass is 284 g/mol. The Labute approximate surface area is 125 Å². The van der Waals surface area contributed by atoms with Crippen molar-refractivity contribution in [2.45, 2.75) is 13.0 Å². The number of hydrogen-bond donors (Lipinski definition) is 0. The number of hydrogen-bond acceptors (Lipinski definition) is 3. The largest absolute Gasteiger partial charge is 0.496 e. The van der Waals surface area contributed by atoms with Crippen LogP contribution in [-0.2, 0) is 13.0 Å². The van der Waals surface area contributed by atoms with Crippen molar-refractivity contribution in [3.05, 3.63) is 66.2 Å². The Morgan fingerprint density at radius 3 is 2.33 bits per heavy atom. The minimum atomic E-state index is 0.501. The van der Waals surface area contributed by atoms with Crippen molar-refractivity contribution in [3.63, 3.8) is 0 Å². The first kappa shape index (κ1) is 15.0. The maximum Gasteiger partial charge on any atom is 0.130 e. The summed E-state index contributed by atoms with van der Waals surface area (Å²) in [5.74, 6) is 2.22. The molecule has 0 N–H and O–H groups in total. The van der Waals surface area contributed by atoms with E-state index < -0.39 is 0 Å². The van der Waals surface area contributed by atoms with Crippen LogP contribution in [0.3, 0.4) is 0 Å². The lowest BCUT2D eigenvalue weighted by molar-refractivity contribution is 0.297. The summed E-state index contributed by atoms with van der Waals surface area (Å²) in [6.45, 7) is 4.29. The van der Waals surface area contributed by atoms with E-state index in [0.29, 0.717) is 18.8 Å². The van der Waals surface area contributed by atoms with E-state index in [2.05, 4.69) is 6.58 Å². The lowest BCUT2D eigenvalue weighted by Crippen LogP contribution is -2.01. The molecule has 0 atom stereocenters. The second-order valence-electron chi connectivity index (χ2n) is 4.57. The predicted octanol–water partition coefficient (Wildman–Crippen LogP) is 4.01. The Balaban J connectivity index is 2.28. The van der Waals surface area contributed by atoms with Crippen molar-refractivity contribution < 1.29 is 14.2 Å². The Morgan fingerprint density at radius 1 is 1.00 bits per heavy atom. The second-order valence-corrected chi connectivity index (χ2v) is 4.57. The maximum absolute atomic E-state index is 5.95. The van der Waals surface area contributed by atoms with Gasteiger partial charge in [-0.2, -0.15) is 0 Å². The van der Waals surface area contributed by atoms with E-state index in [9.17, 15) is 0 Å². The molecule has 0 spiro atoms. The molecule has 0 saturated carbocycles. The first-order chi connectivity index (χ1) is 10.3. The van der Waals surface area contributed by atoms with Crippen LogP contribution < -0.4 is 14.2 Å². The van der Waals surface area contributed by atoms with Gasteiger partial charge in [-0.1, -0.05) is 36.4 Å². The van der Waals surface area contributed by atoms with Gasteiger partial charge in [0.05, 0.1) is 14.2 Å². The van der Waals surface area contributed by atoms with E-state index in [1.807, 2.05) is 48.5 Å². The first-order valence-corrected chi connectivity index (χ1v) is 6.81. The van der Waals surface area contributed by atoms with Crippen LogP contribution in [-0.4, -0.2) is 14.2 Å². The van der Waals surface area contributed by atoms with E-state index >= 15 is 0 Å². The van der Waals surface area contributed by atoms with Crippen molar-refractivity contribution in [3.8, 4) is 17.2 Å². The number of ether oxygens (including phenoxy) is 3. The maximum atomic E-state index is 5.95. The molecule has 0 aliphatic heterocycles. The van der Waals surface area contributed by atoms with Crippen molar-refractivity contribution in [1.82, 2.24) is 0 Å². The highest BCUT2D eigenvalue weighted by atomic mass is 16.5. The third kappa shape index (κ3) is 3.78. The summed E-state index contributed by atoms with van der Waals surface area (Å²) in [5.41, 5.74) is 2.09. The van der Waals surface area contributed by atoms with Crippen LogP contribution in [0.2, 0.25) is 0 Å². The van der Waals surface area contributed by atoms with Gasteiger partial charge in [-0.05, 0) is 12.0 Å². The van der Waals surface area contributed by atoms with Gasteiger partial charge in [0.15, 0.2) is 0 Å². The molecule has 0 unspecified atom stereocenters. The molecular weight excluding hydrogens is 264 g/mol. The quantitative estimate of drug-likeness (QED) is 0.719. The zero-order valence-electron chi connectivity index (χ0n) is 12.5. The summed E-state index contributed by atoms with van der Waals surface area (Å²) < 4.78 is 16.7. The molecule has 110 valence electrons. The van der Waals surface area contributed by atoms with Crippen molar-refractivity contribution in [1.29, 1.82) is 0 Å². The molecule has 0 saturated heterocycles. The van der Waals surface area contributed by atoms with Crippen molar-refractivity contribution >= 4 is 0 Å². The van der Waals surface area contributed by atoms with Gasteiger partial charge in [-0.25, -0.2) is 0 Å². The van der Waals surface area contributed by atoms with E-state index in [4.69, 9.17) is 14.2 Å². The highest BCUT2D eigenvalue weighted by molar-refractivity contribution is 5.51. The zero-order chi connectivity index (χ0) is 15.1. The van der Waals surface area contributed by atoms with Gasteiger partial charge in [-0.15, -0.1) is 6.58 Å². The van der Waals surface area contributed by atoms with Gasteiger partial charge < -0.3 is 14.2 Å². The molecular formula is C18H20O3. The summed E-state index contributed by atoms with van der Waals surface area (Å²) in [5, 5.41) is 0. The molecule has 2 aromatic carbocycles. The van der Waals surface area contributed by atoms with Crippen LogP contribution in [0.15, 0.2) is 55.1 Å². The van der Waals surface area contributed by atoms with Crippen LogP contribution >= 0.6 is 0 Å². The van der Waals surface area contributed by atoms with Crippen LogP contribution in [0, 0.1) is 0 Å². The van der Waals surface area contributed by atoms with E-state index in [1.165, 1.54) is 0 Å². The Morgan fingerprint density at radius 2 is 1.71 bits per heavy atom. The van der Waals surface area contributed by atoms with Gasteiger partial charge in [0.25, 0.3) is 0 Å².